The van der Waals surface area contributed by atoms with E-state index in [0.717, 1.165) is 6.66 Å². The number of methoxy groups -OCH3 is 1. The van der Waals surface area contributed by atoms with Crippen molar-refractivity contribution in [1.82, 2.24) is 0 Å². The second-order valence-electron chi connectivity index (χ2n) is 3.82. The maximum atomic E-state index is 11.1. The van der Waals surface area contributed by atoms with Gasteiger partial charge in [-0.3, -0.25) is 0 Å². The summed E-state index contributed by atoms with van der Waals surface area (Å²) in [6.07, 6.45) is 3.82. The van der Waals surface area contributed by atoms with Crippen LogP contribution in [0.2, 0.25) is 5.82 Å². The maximum Gasteiger partial charge on any atom is 0.132 e. The lowest BCUT2D eigenvalue weighted by atomic mass is 9.75. The number of hydrogen-bond acceptors (Lipinski definition) is 4. The zero-order chi connectivity index (χ0) is 11.5. The van der Waals surface area contributed by atoms with Crippen LogP contribution in [0.4, 0.5) is 0 Å². The Bertz CT molecular complexity index is 275. The SMILES string of the molecule is [B][C@H]1C=CC(COC)C(OP(C)(=O)[O-])C1. The molecule has 0 N–H and O–H groups in total. The molecule has 6 heteroatoms. The molecule has 4 atom stereocenters. The molecular formula is C9H15BO4P-. The van der Waals surface area contributed by atoms with Gasteiger partial charge in [0.25, 0.3) is 0 Å². The maximum absolute atomic E-state index is 11.1. The van der Waals surface area contributed by atoms with Crippen LogP contribution in [0, 0.1) is 5.92 Å². The van der Waals surface area contributed by atoms with Gasteiger partial charge in [-0.25, -0.2) is 0 Å². The molecular weight excluding hydrogens is 214 g/mol. The summed E-state index contributed by atoms with van der Waals surface area (Å²) in [5, 5.41) is 0. The molecule has 4 nitrogen and oxygen atoms in total. The van der Waals surface area contributed by atoms with Gasteiger partial charge in [-0.05, 0) is 6.42 Å². The van der Waals surface area contributed by atoms with Crippen molar-refractivity contribution < 1.29 is 18.7 Å². The quantitative estimate of drug-likeness (QED) is 0.405. The highest BCUT2D eigenvalue weighted by atomic mass is 31.2. The Balaban J connectivity index is 2.66. The van der Waals surface area contributed by atoms with Crippen LogP contribution in [0.25, 0.3) is 0 Å². The second-order valence-corrected chi connectivity index (χ2v) is 5.57. The Morgan fingerprint density at radius 1 is 1.60 bits per heavy atom. The number of rotatable bonds is 4. The van der Waals surface area contributed by atoms with Gasteiger partial charge < -0.3 is 18.7 Å². The van der Waals surface area contributed by atoms with Gasteiger partial charge in [-0.2, -0.15) is 0 Å². The largest absolute Gasteiger partial charge is 0.779 e. The molecule has 3 unspecified atom stereocenters. The van der Waals surface area contributed by atoms with E-state index in [9.17, 15) is 9.46 Å². The van der Waals surface area contributed by atoms with E-state index >= 15 is 0 Å². The number of ether oxygens (including phenoxy) is 1. The van der Waals surface area contributed by atoms with E-state index in [-0.39, 0.29) is 11.7 Å². The predicted molar refractivity (Wildman–Crippen MR) is 57.0 cm³/mol. The van der Waals surface area contributed by atoms with Gasteiger partial charge in [0.15, 0.2) is 0 Å². The summed E-state index contributed by atoms with van der Waals surface area (Å²) in [5.74, 6) is -0.188. The first-order valence-corrected chi connectivity index (χ1v) is 6.81. The fourth-order valence-electron chi connectivity index (χ4n) is 1.65. The zero-order valence-corrected chi connectivity index (χ0v) is 9.85. The lowest BCUT2D eigenvalue weighted by molar-refractivity contribution is -0.202. The molecule has 0 bridgehead atoms. The van der Waals surface area contributed by atoms with Crippen molar-refractivity contribution in [3.8, 4) is 0 Å². The highest BCUT2D eigenvalue weighted by Gasteiger charge is 2.27. The average molecular weight is 229 g/mol. The van der Waals surface area contributed by atoms with Crippen LogP contribution in [0.1, 0.15) is 6.42 Å². The molecule has 15 heavy (non-hydrogen) atoms. The summed E-state index contributed by atoms with van der Waals surface area (Å²) in [7, 11) is 3.56. The van der Waals surface area contributed by atoms with Crippen molar-refractivity contribution in [1.29, 1.82) is 0 Å². The van der Waals surface area contributed by atoms with E-state index in [0.29, 0.717) is 13.0 Å². The molecule has 2 radical (unpaired) electrons. The fourth-order valence-corrected chi connectivity index (χ4v) is 2.39. The Kier molecular flexibility index (Phi) is 4.59. The molecule has 0 aromatic carbocycles. The first kappa shape index (κ1) is 13.0. The highest BCUT2D eigenvalue weighted by Crippen LogP contribution is 2.39. The normalized spacial score (nSPS) is 35.0. The molecule has 0 aromatic heterocycles. The summed E-state index contributed by atoms with van der Waals surface area (Å²) in [6.45, 7) is 1.51. The molecule has 0 saturated carbocycles. The smallest absolute Gasteiger partial charge is 0.132 e. The standard InChI is InChI=1S/C9H16BO4P/c1-13-6-7-3-4-8(10)5-9(7)14-15(2,11)12/h3-4,7-9H,5-6H2,1-2H3,(H,11,12)/p-1/t7?,8-,9?/m0/s1. The minimum atomic E-state index is -3.72. The summed E-state index contributed by atoms with van der Waals surface area (Å²) in [6, 6.07) is 0. The van der Waals surface area contributed by atoms with Crippen molar-refractivity contribution in [2.45, 2.75) is 18.3 Å². The lowest BCUT2D eigenvalue weighted by Gasteiger charge is -2.34. The van der Waals surface area contributed by atoms with Crippen LogP contribution >= 0.6 is 7.60 Å². The lowest BCUT2D eigenvalue weighted by Crippen LogP contribution is -2.30. The van der Waals surface area contributed by atoms with Crippen molar-refractivity contribution in [3.05, 3.63) is 12.2 Å². The predicted octanol–water partition coefficient (Wildman–Crippen LogP) is 0.734. The summed E-state index contributed by atoms with van der Waals surface area (Å²) >= 11 is 0. The van der Waals surface area contributed by atoms with E-state index in [1.54, 1.807) is 7.11 Å². The van der Waals surface area contributed by atoms with Crippen LogP contribution in [-0.4, -0.2) is 34.3 Å². The second kappa shape index (κ2) is 5.31. The highest BCUT2D eigenvalue weighted by molar-refractivity contribution is 7.50. The third-order valence-electron chi connectivity index (χ3n) is 2.27. The van der Waals surface area contributed by atoms with Gasteiger partial charge in [0.2, 0.25) is 0 Å². The van der Waals surface area contributed by atoms with Crippen LogP contribution < -0.4 is 4.89 Å². The number of allylic oxidation sites excluding steroid dienone is 1. The molecule has 0 aromatic rings. The van der Waals surface area contributed by atoms with Gasteiger partial charge in [0.05, 0.1) is 20.6 Å². The zero-order valence-electron chi connectivity index (χ0n) is 8.96. The van der Waals surface area contributed by atoms with Crippen molar-refractivity contribution in [2.24, 2.45) is 5.92 Å². The summed E-state index contributed by atoms with van der Waals surface area (Å²) in [5.41, 5.74) is 0. The monoisotopic (exact) mass is 229 g/mol. The summed E-state index contributed by atoms with van der Waals surface area (Å²) in [4.78, 5) is 11.1. The van der Waals surface area contributed by atoms with E-state index < -0.39 is 13.7 Å². The van der Waals surface area contributed by atoms with Crippen LogP contribution in [0.5, 0.6) is 0 Å². The Labute approximate surface area is 91.6 Å². The number of hydrogen-bond donors (Lipinski definition) is 0. The van der Waals surface area contributed by atoms with Gasteiger partial charge in [-0.1, -0.05) is 18.0 Å². The molecule has 1 rings (SSSR count). The molecule has 1 aliphatic carbocycles. The van der Waals surface area contributed by atoms with Gasteiger partial charge in [0.1, 0.15) is 7.60 Å². The van der Waals surface area contributed by atoms with E-state index in [1.165, 1.54) is 0 Å². The Hall–Kier alpha value is -0.0851. The minimum absolute atomic E-state index is 0.0444. The molecule has 0 aliphatic heterocycles. The molecule has 0 fully saturated rings. The van der Waals surface area contributed by atoms with E-state index in [1.807, 2.05) is 12.2 Å². The van der Waals surface area contributed by atoms with Crippen LogP contribution in [-0.2, 0) is 13.8 Å². The fraction of sp³-hybridized carbons (Fsp3) is 0.778. The van der Waals surface area contributed by atoms with Gasteiger partial charge in [-0.15, -0.1) is 0 Å². The molecule has 0 amide bonds. The van der Waals surface area contributed by atoms with Crippen LogP contribution in [0.3, 0.4) is 0 Å². The molecule has 1 aliphatic rings. The first-order valence-electron chi connectivity index (χ1n) is 4.82. The third-order valence-corrected chi connectivity index (χ3v) is 2.93. The topological polar surface area (TPSA) is 58.6 Å². The van der Waals surface area contributed by atoms with Crippen molar-refractivity contribution in [2.75, 3.05) is 20.4 Å². The van der Waals surface area contributed by atoms with Crippen LogP contribution in [0.15, 0.2) is 12.2 Å². The van der Waals surface area contributed by atoms with Crippen molar-refractivity contribution in [3.63, 3.8) is 0 Å². The molecule has 0 saturated heterocycles. The molecule has 0 heterocycles. The summed E-state index contributed by atoms with van der Waals surface area (Å²) < 4.78 is 21.1. The molecule has 84 valence electrons. The third kappa shape index (κ3) is 4.52. The first-order chi connectivity index (χ1) is 6.92. The van der Waals surface area contributed by atoms with Gasteiger partial charge in [0, 0.05) is 19.7 Å². The van der Waals surface area contributed by atoms with Crippen molar-refractivity contribution >= 4 is 15.4 Å². The van der Waals surface area contributed by atoms with E-state index in [2.05, 4.69) is 0 Å². The Morgan fingerprint density at radius 3 is 2.80 bits per heavy atom. The molecule has 0 spiro atoms. The van der Waals surface area contributed by atoms with E-state index in [4.69, 9.17) is 17.1 Å². The minimum Gasteiger partial charge on any atom is -0.779 e. The average Bonchev–Trinajstić information content (AvgIpc) is 2.07. The van der Waals surface area contributed by atoms with Gasteiger partial charge >= 0.3 is 0 Å². The Morgan fingerprint density at radius 2 is 2.27 bits per heavy atom.